The van der Waals surface area contributed by atoms with Gasteiger partial charge in [-0.25, -0.2) is 8.78 Å². The van der Waals surface area contributed by atoms with E-state index in [4.69, 9.17) is 0 Å². The number of halogens is 2. The zero-order chi connectivity index (χ0) is 19.6. The number of aliphatic hydroxyl groups excluding tert-OH is 1. The number of piperidine rings is 1. The first-order valence-electron chi connectivity index (χ1n) is 9.16. The number of amides is 2. The van der Waals surface area contributed by atoms with Crippen molar-refractivity contribution in [2.45, 2.75) is 50.2 Å². The Morgan fingerprint density at radius 3 is 2.52 bits per heavy atom. The molecule has 3 N–H and O–H groups in total. The van der Waals surface area contributed by atoms with E-state index in [9.17, 15) is 28.6 Å². The fraction of sp³-hybridized carbons (Fsp3) is 0.579. The van der Waals surface area contributed by atoms with Crippen molar-refractivity contribution >= 4 is 11.8 Å². The number of nitrogens with one attached hydrogen (secondary N) is 1. The first-order valence-corrected chi connectivity index (χ1v) is 9.16. The number of hydrogen-bond acceptors (Lipinski definition) is 4. The summed E-state index contributed by atoms with van der Waals surface area (Å²) in [7, 11) is 0. The number of aromatic hydroxyl groups is 1. The Hall–Kier alpha value is -2.22. The van der Waals surface area contributed by atoms with Crippen molar-refractivity contribution in [3.63, 3.8) is 0 Å². The number of para-hydroxylation sites is 1. The second-order valence-electron chi connectivity index (χ2n) is 7.40. The molecule has 1 saturated carbocycles. The lowest BCUT2D eigenvalue weighted by Gasteiger charge is -2.33. The van der Waals surface area contributed by atoms with E-state index in [-0.39, 0.29) is 62.8 Å². The lowest BCUT2D eigenvalue weighted by atomic mass is 10.0. The Morgan fingerprint density at radius 2 is 1.85 bits per heavy atom. The first kappa shape index (κ1) is 19.5. The topological polar surface area (TPSA) is 89.9 Å². The molecule has 1 aromatic rings. The lowest BCUT2D eigenvalue weighted by Crippen LogP contribution is -2.45. The molecule has 0 spiro atoms. The molecule has 6 nitrogen and oxygen atoms in total. The van der Waals surface area contributed by atoms with E-state index >= 15 is 0 Å². The average Bonchev–Trinajstić information content (AvgIpc) is 2.97. The maximum Gasteiger partial charge on any atom is 0.251 e. The summed E-state index contributed by atoms with van der Waals surface area (Å²) in [5, 5.41) is 22.7. The van der Waals surface area contributed by atoms with Gasteiger partial charge in [0.1, 0.15) is 5.75 Å². The van der Waals surface area contributed by atoms with Crippen molar-refractivity contribution in [1.29, 1.82) is 0 Å². The summed E-state index contributed by atoms with van der Waals surface area (Å²) >= 11 is 0. The Bertz CT molecular complexity index is 703. The predicted octanol–water partition coefficient (Wildman–Crippen LogP) is 1.45. The molecule has 27 heavy (non-hydrogen) atoms. The number of carbonyl (C=O) groups excluding carboxylic acids is 2. The van der Waals surface area contributed by atoms with Gasteiger partial charge in [-0.3, -0.25) is 9.59 Å². The quantitative estimate of drug-likeness (QED) is 0.735. The second-order valence-corrected chi connectivity index (χ2v) is 7.40. The largest absolute Gasteiger partial charge is 0.508 e. The van der Waals surface area contributed by atoms with Crippen molar-refractivity contribution in [3.8, 4) is 5.75 Å². The third-order valence-corrected chi connectivity index (χ3v) is 5.37. The molecular weight excluding hydrogens is 358 g/mol. The molecule has 148 valence electrons. The molecule has 1 aliphatic heterocycles. The molecule has 0 bridgehead atoms. The van der Waals surface area contributed by atoms with Crippen LogP contribution in [0.4, 0.5) is 8.78 Å². The Morgan fingerprint density at radius 1 is 1.19 bits per heavy atom. The SMILES string of the molecule is O=C(Cc1ccccc1O)N[C@H]1C[C@H](C(=O)N2CCC(F)(F)CC2)C[C@@H]1O. The van der Waals surface area contributed by atoms with Gasteiger partial charge < -0.3 is 20.4 Å². The number of carbonyl (C=O) groups is 2. The van der Waals surface area contributed by atoms with Gasteiger partial charge in [-0.15, -0.1) is 0 Å². The third-order valence-electron chi connectivity index (χ3n) is 5.37. The van der Waals surface area contributed by atoms with E-state index in [1.807, 2.05) is 0 Å². The van der Waals surface area contributed by atoms with Crippen LogP contribution in [0.5, 0.6) is 5.75 Å². The van der Waals surface area contributed by atoms with E-state index in [1.165, 1.54) is 11.0 Å². The van der Waals surface area contributed by atoms with Crippen molar-refractivity contribution in [2.75, 3.05) is 13.1 Å². The van der Waals surface area contributed by atoms with Gasteiger partial charge >= 0.3 is 0 Å². The van der Waals surface area contributed by atoms with Gasteiger partial charge in [0.25, 0.3) is 5.92 Å². The normalized spacial score (nSPS) is 27.4. The molecule has 2 fully saturated rings. The number of phenols is 1. The molecule has 3 rings (SSSR count). The summed E-state index contributed by atoms with van der Waals surface area (Å²) < 4.78 is 26.5. The number of likely N-dealkylation sites (tertiary alicyclic amines) is 1. The lowest BCUT2D eigenvalue weighted by molar-refractivity contribution is -0.141. The molecule has 1 saturated heterocycles. The van der Waals surface area contributed by atoms with Crippen LogP contribution in [-0.2, 0) is 16.0 Å². The first-order chi connectivity index (χ1) is 12.7. The van der Waals surface area contributed by atoms with Gasteiger partial charge in [-0.1, -0.05) is 18.2 Å². The fourth-order valence-electron chi connectivity index (χ4n) is 3.78. The number of benzene rings is 1. The molecule has 3 atom stereocenters. The maximum absolute atomic E-state index is 13.3. The van der Waals surface area contributed by atoms with Gasteiger partial charge in [0, 0.05) is 37.4 Å². The summed E-state index contributed by atoms with van der Waals surface area (Å²) in [4.78, 5) is 26.2. The summed E-state index contributed by atoms with van der Waals surface area (Å²) in [5.74, 6) is -3.77. The van der Waals surface area contributed by atoms with Gasteiger partial charge in [-0.05, 0) is 18.9 Å². The number of alkyl halides is 2. The minimum Gasteiger partial charge on any atom is -0.508 e. The summed E-state index contributed by atoms with van der Waals surface area (Å²) in [6.07, 6.45) is -1.09. The molecule has 0 radical (unpaired) electrons. The van der Waals surface area contributed by atoms with Gasteiger partial charge in [0.15, 0.2) is 0 Å². The van der Waals surface area contributed by atoms with Crippen molar-refractivity contribution in [1.82, 2.24) is 10.2 Å². The van der Waals surface area contributed by atoms with Crippen LogP contribution >= 0.6 is 0 Å². The van der Waals surface area contributed by atoms with Crippen LogP contribution in [0.15, 0.2) is 24.3 Å². The van der Waals surface area contributed by atoms with E-state index in [0.29, 0.717) is 5.56 Å². The number of rotatable bonds is 4. The molecule has 8 heteroatoms. The minimum atomic E-state index is -2.72. The third kappa shape index (κ3) is 4.74. The molecule has 1 heterocycles. The van der Waals surface area contributed by atoms with Crippen molar-refractivity contribution in [2.24, 2.45) is 5.92 Å². The van der Waals surface area contributed by atoms with Crippen LogP contribution in [0, 0.1) is 5.92 Å². The van der Waals surface area contributed by atoms with E-state index in [2.05, 4.69) is 5.32 Å². The number of aliphatic hydroxyl groups is 1. The van der Waals surface area contributed by atoms with Gasteiger partial charge in [0.05, 0.1) is 18.6 Å². The molecule has 2 aliphatic rings. The number of nitrogens with zero attached hydrogens (tertiary/aromatic N) is 1. The highest BCUT2D eigenvalue weighted by molar-refractivity contribution is 5.81. The summed E-state index contributed by atoms with van der Waals surface area (Å²) in [5.41, 5.74) is 0.476. The molecule has 1 aromatic carbocycles. The van der Waals surface area contributed by atoms with Crippen LogP contribution in [-0.4, -0.2) is 58.1 Å². The number of hydrogen-bond donors (Lipinski definition) is 3. The van der Waals surface area contributed by atoms with E-state index < -0.39 is 24.0 Å². The van der Waals surface area contributed by atoms with Crippen LogP contribution < -0.4 is 5.32 Å². The summed E-state index contributed by atoms with van der Waals surface area (Å²) in [6.45, 7) is 0.0332. The standard InChI is InChI=1S/C19H24F2N2O4/c20-19(21)5-7-23(8-6-19)18(27)13-9-14(16(25)10-13)22-17(26)11-12-3-1-2-4-15(12)24/h1-4,13-14,16,24-25H,5-11H2,(H,22,26)/t13-,14-,16-/m0/s1. The van der Waals surface area contributed by atoms with Crippen LogP contribution in [0.2, 0.25) is 0 Å². The second kappa shape index (κ2) is 7.80. The Balaban J connectivity index is 1.53. The highest BCUT2D eigenvalue weighted by Gasteiger charge is 2.42. The smallest absolute Gasteiger partial charge is 0.251 e. The highest BCUT2D eigenvalue weighted by atomic mass is 19.3. The molecule has 0 aromatic heterocycles. The number of phenolic OH excluding ortho intramolecular Hbond substituents is 1. The van der Waals surface area contributed by atoms with Gasteiger partial charge in [-0.2, -0.15) is 0 Å². The summed E-state index contributed by atoms with van der Waals surface area (Å²) in [6, 6.07) is 5.93. The molecule has 1 aliphatic carbocycles. The fourth-order valence-corrected chi connectivity index (χ4v) is 3.78. The average molecular weight is 382 g/mol. The zero-order valence-corrected chi connectivity index (χ0v) is 14.9. The van der Waals surface area contributed by atoms with Crippen LogP contribution in [0.25, 0.3) is 0 Å². The van der Waals surface area contributed by atoms with Crippen molar-refractivity contribution < 1.29 is 28.6 Å². The van der Waals surface area contributed by atoms with Crippen molar-refractivity contribution in [3.05, 3.63) is 29.8 Å². The van der Waals surface area contributed by atoms with E-state index in [1.54, 1.807) is 18.2 Å². The van der Waals surface area contributed by atoms with Gasteiger partial charge in [0.2, 0.25) is 11.8 Å². The monoisotopic (exact) mass is 382 g/mol. The predicted molar refractivity (Wildman–Crippen MR) is 93.2 cm³/mol. The highest BCUT2D eigenvalue weighted by Crippen LogP contribution is 2.32. The van der Waals surface area contributed by atoms with Crippen LogP contribution in [0.3, 0.4) is 0 Å². The zero-order valence-electron chi connectivity index (χ0n) is 14.9. The molecule has 2 amide bonds. The minimum absolute atomic E-state index is 0.0166. The molecular formula is C19H24F2N2O4. The molecule has 0 unspecified atom stereocenters. The van der Waals surface area contributed by atoms with E-state index in [0.717, 1.165) is 0 Å². The Labute approximate surface area is 156 Å². The maximum atomic E-state index is 13.3. The Kier molecular flexibility index (Phi) is 5.64. The van der Waals surface area contributed by atoms with Crippen LogP contribution in [0.1, 0.15) is 31.2 Å².